The predicted octanol–water partition coefficient (Wildman–Crippen LogP) is 2.41. The fourth-order valence-corrected chi connectivity index (χ4v) is 3.19. The number of carbonyl (C=O) groups excluding carboxylic acids is 1. The van der Waals surface area contributed by atoms with Crippen LogP contribution < -0.4 is 15.6 Å². The van der Waals surface area contributed by atoms with Crippen molar-refractivity contribution in [2.45, 2.75) is 27.2 Å². The van der Waals surface area contributed by atoms with E-state index in [1.807, 2.05) is 13.8 Å². The number of amides is 1. The fourth-order valence-electron chi connectivity index (χ4n) is 3.19. The fraction of sp³-hybridized carbons (Fsp3) is 0.300. The zero-order valence-electron chi connectivity index (χ0n) is 16.6. The zero-order valence-corrected chi connectivity index (χ0v) is 16.6. The number of hydrogen-bond donors (Lipinski definition) is 1. The average molecular weight is 381 g/mol. The Balaban J connectivity index is 2.02. The Labute approximate surface area is 162 Å². The molecule has 8 heteroatoms. The van der Waals surface area contributed by atoms with Gasteiger partial charge in [0.2, 0.25) is 5.88 Å². The van der Waals surface area contributed by atoms with E-state index in [1.54, 1.807) is 43.0 Å². The lowest BCUT2D eigenvalue weighted by Crippen LogP contribution is -2.30. The number of nitrogens with zero attached hydrogens (tertiary/aromatic N) is 4. The molecule has 1 amide bonds. The van der Waals surface area contributed by atoms with Gasteiger partial charge in [0.15, 0.2) is 0 Å². The Kier molecular flexibility index (Phi) is 5.30. The van der Waals surface area contributed by atoms with Crippen molar-refractivity contribution in [3.8, 4) is 11.6 Å². The van der Waals surface area contributed by atoms with E-state index in [4.69, 9.17) is 4.74 Å². The number of aryl methyl sites for hydroxylation is 3. The first-order chi connectivity index (χ1) is 13.4. The second kappa shape index (κ2) is 7.67. The zero-order chi connectivity index (χ0) is 20.4. The molecular weight excluding hydrogens is 358 g/mol. The molecule has 0 aliphatic heterocycles. The first-order valence-electron chi connectivity index (χ1n) is 8.93. The minimum Gasteiger partial charge on any atom is -0.481 e. The number of anilines is 1. The van der Waals surface area contributed by atoms with Crippen molar-refractivity contribution in [2.75, 3.05) is 12.4 Å². The molecule has 3 rings (SSSR count). The number of ether oxygens (including phenoxy) is 1. The maximum atomic E-state index is 13.0. The Morgan fingerprint density at radius 1 is 1.25 bits per heavy atom. The standard InChI is InChI=1S/C20H23N5O3/c1-6-15-13(3)23-24(4)18(15)22-19(26)17-12(2)9-10-25(20(17)27)14-7-8-16(28-5)21-11-14/h7-11H,6H2,1-5H3,(H,22,26). The van der Waals surface area contributed by atoms with E-state index in [0.717, 1.165) is 17.7 Å². The van der Waals surface area contributed by atoms with Crippen LogP contribution in [0.5, 0.6) is 5.88 Å². The van der Waals surface area contributed by atoms with Gasteiger partial charge in [0.25, 0.3) is 11.5 Å². The summed E-state index contributed by atoms with van der Waals surface area (Å²) in [6.07, 6.45) is 3.88. The van der Waals surface area contributed by atoms with Gasteiger partial charge in [-0.25, -0.2) is 4.98 Å². The van der Waals surface area contributed by atoms with Gasteiger partial charge in [0, 0.05) is 24.9 Å². The molecule has 0 spiro atoms. The molecule has 0 saturated heterocycles. The van der Waals surface area contributed by atoms with Gasteiger partial charge in [-0.1, -0.05) is 6.92 Å². The number of aromatic nitrogens is 4. The monoisotopic (exact) mass is 381 g/mol. The van der Waals surface area contributed by atoms with Crippen LogP contribution in [0.15, 0.2) is 35.4 Å². The van der Waals surface area contributed by atoms with Crippen LogP contribution in [0.25, 0.3) is 5.69 Å². The van der Waals surface area contributed by atoms with Crippen LogP contribution in [0, 0.1) is 13.8 Å². The van der Waals surface area contributed by atoms with Gasteiger partial charge in [-0.2, -0.15) is 5.10 Å². The quantitative estimate of drug-likeness (QED) is 0.733. The molecule has 0 bridgehead atoms. The molecule has 0 radical (unpaired) electrons. The van der Waals surface area contributed by atoms with Gasteiger partial charge in [0.1, 0.15) is 11.4 Å². The molecule has 146 valence electrons. The molecule has 8 nitrogen and oxygen atoms in total. The lowest BCUT2D eigenvalue weighted by atomic mass is 10.1. The Hall–Kier alpha value is -3.42. The highest BCUT2D eigenvalue weighted by Gasteiger charge is 2.20. The van der Waals surface area contributed by atoms with Gasteiger partial charge < -0.3 is 10.1 Å². The van der Waals surface area contributed by atoms with Gasteiger partial charge in [0.05, 0.1) is 24.7 Å². The maximum absolute atomic E-state index is 13.0. The number of carbonyl (C=O) groups is 1. The molecule has 0 saturated carbocycles. The molecule has 3 aromatic heterocycles. The normalized spacial score (nSPS) is 10.8. The molecule has 0 fully saturated rings. The van der Waals surface area contributed by atoms with Crippen LogP contribution >= 0.6 is 0 Å². The van der Waals surface area contributed by atoms with E-state index >= 15 is 0 Å². The summed E-state index contributed by atoms with van der Waals surface area (Å²) in [5.41, 5.74) is 2.61. The largest absolute Gasteiger partial charge is 0.481 e. The molecule has 0 atom stereocenters. The summed E-state index contributed by atoms with van der Waals surface area (Å²) in [5, 5.41) is 7.21. The van der Waals surface area contributed by atoms with Crippen LogP contribution in [-0.2, 0) is 13.5 Å². The molecular formula is C20H23N5O3. The van der Waals surface area contributed by atoms with E-state index in [0.29, 0.717) is 22.9 Å². The number of nitrogens with one attached hydrogen (secondary N) is 1. The molecule has 28 heavy (non-hydrogen) atoms. The summed E-state index contributed by atoms with van der Waals surface area (Å²) in [7, 11) is 3.29. The van der Waals surface area contributed by atoms with Crippen molar-refractivity contribution in [3.05, 3.63) is 63.3 Å². The first kappa shape index (κ1) is 19.3. The highest BCUT2D eigenvalue weighted by molar-refractivity contribution is 6.05. The maximum Gasteiger partial charge on any atom is 0.268 e. The molecule has 1 N–H and O–H groups in total. The molecule has 3 heterocycles. The average Bonchev–Trinajstić information content (AvgIpc) is 2.94. The van der Waals surface area contributed by atoms with Gasteiger partial charge in [-0.05, 0) is 38.0 Å². The lowest BCUT2D eigenvalue weighted by molar-refractivity contribution is 0.102. The lowest BCUT2D eigenvalue weighted by Gasteiger charge is -2.12. The van der Waals surface area contributed by atoms with Gasteiger partial charge >= 0.3 is 0 Å². The van der Waals surface area contributed by atoms with E-state index in [9.17, 15) is 9.59 Å². The van der Waals surface area contributed by atoms with Crippen molar-refractivity contribution in [2.24, 2.45) is 7.05 Å². The van der Waals surface area contributed by atoms with Crippen molar-refractivity contribution < 1.29 is 9.53 Å². The third kappa shape index (κ3) is 3.40. The summed E-state index contributed by atoms with van der Waals surface area (Å²) in [6.45, 7) is 5.63. The SMILES string of the molecule is CCc1c(C)nn(C)c1NC(=O)c1c(C)ccn(-c2ccc(OC)nc2)c1=O. The highest BCUT2D eigenvalue weighted by Crippen LogP contribution is 2.20. The summed E-state index contributed by atoms with van der Waals surface area (Å²) in [5.74, 6) is 0.585. The third-order valence-corrected chi connectivity index (χ3v) is 4.67. The Morgan fingerprint density at radius 3 is 2.61 bits per heavy atom. The highest BCUT2D eigenvalue weighted by atomic mass is 16.5. The summed E-state index contributed by atoms with van der Waals surface area (Å²) < 4.78 is 8.06. The second-order valence-electron chi connectivity index (χ2n) is 6.45. The number of pyridine rings is 2. The van der Waals surface area contributed by atoms with Crippen molar-refractivity contribution >= 4 is 11.7 Å². The van der Waals surface area contributed by atoms with Gasteiger partial charge in [-0.15, -0.1) is 0 Å². The van der Waals surface area contributed by atoms with Crippen LogP contribution in [0.1, 0.15) is 34.1 Å². The summed E-state index contributed by atoms with van der Waals surface area (Å²) >= 11 is 0. The van der Waals surface area contributed by atoms with Crippen molar-refractivity contribution in [3.63, 3.8) is 0 Å². The van der Waals surface area contributed by atoms with E-state index in [1.165, 1.54) is 17.9 Å². The molecule has 0 aliphatic rings. The van der Waals surface area contributed by atoms with Crippen molar-refractivity contribution in [1.82, 2.24) is 19.3 Å². The smallest absolute Gasteiger partial charge is 0.268 e. The molecule has 0 aliphatic carbocycles. The Morgan fingerprint density at radius 2 is 2.00 bits per heavy atom. The number of methoxy groups -OCH3 is 1. The van der Waals surface area contributed by atoms with E-state index in [2.05, 4.69) is 15.4 Å². The minimum absolute atomic E-state index is 0.0826. The molecule has 3 aromatic rings. The molecule has 0 unspecified atom stereocenters. The minimum atomic E-state index is -0.462. The van der Waals surface area contributed by atoms with E-state index < -0.39 is 11.5 Å². The van der Waals surface area contributed by atoms with Crippen LogP contribution in [0.4, 0.5) is 5.82 Å². The van der Waals surface area contributed by atoms with Crippen LogP contribution in [-0.4, -0.2) is 32.3 Å². The second-order valence-corrected chi connectivity index (χ2v) is 6.45. The predicted molar refractivity (Wildman–Crippen MR) is 106 cm³/mol. The van der Waals surface area contributed by atoms with Crippen molar-refractivity contribution in [1.29, 1.82) is 0 Å². The summed E-state index contributed by atoms with van der Waals surface area (Å²) in [4.78, 5) is 30.1. The summed E-state index contributed by atoms with van der Waals surface area (Å²) in [6, 6.07) is 5.10. The number of rotatable bonds is 5. The van der Waals surface area contributed by atoms with E-state index in [-0.39, 0.29) is 5.56 Å². The third-order valence-electron chi connectivity index (χ3n) is 4.67. The molecule has 0 aromatic carbocycles. The number of hydrogen-bond acceptors (Lipinski definition) is 5. The topological polar surface area (TPSA) is 91.0 Å². The first-order valence-corrected chi connectivity index (χ1v) is 8.93. The van der Waals surface area contributed by atoms with Crippen LogP contribution in [0.2, 0.25) is 0 Å². The Bertz CT molecular complexity index is 1080. The van der Waals surface area contributed by atoms with Gasteiger partial charge in [-0.3, -0.25) is 18.8 Å². The van der Waals surface area contributed by atoms with Crippen LogP contribution in [0.3, 0.4) is 0 Å².